The van der Waals surface area contributed by atoms with Gasteiger partial charge in [0.1, 0.15) is 5.60 Å². The van der Waals surface area contributed by atoms with Gasteiger partial charge in [-0.3, -0.25) is 0 Å². The van der Waals surface area contributed by atoms with E-state index in [1.54, 1.807) is 0 Å². The van der Waals surface area contributed by atoms with E-state index < -0.39 is 5.60 Å². The van der Waals surface area contributed by atoms with Crippen LogP contribution in [0.4, 0.5) is 0 Å². The van der Waals surface area contributed by atoms with Gasteiger partial charge in [-0.05, 0) is 46.5 Å². The van der Waals surface area contributed by atoms with Crippen LogP contribution in [0.1, 0.15) is 52.9 Å². The Labute approximate surface area is 99.4 Å². The van der Waals surface area contributed by atoms with Crippen molar-refractivity contribution in [1.82, 2.24) is 0 Å². The molecule has 0 saturated carbocycles. The van der Waals surface area contributed by atoms with Crippen LogP contribution in [0.2, 0.25) is 0 Å². The van der Waals surface area contributed by atoms with Crippen LogP contribution in [0.15, 0.2) is 24.8 Å². The van der Waals surface area contributed by atoms with Crippen molar-refractivity contribution >= 4 is 5.97 Å². The molecule has 2 nitrogen and oxygen atoms in total. The van der Waals surface area contributed by atoms with E-state index in [9.17, 15) is 4.79 Å². The Morgan fingerprint density at radius 3 is 2.38 bits per heavy atom. The van der Waals surface area contributed by atoms with Crippen molar-refractivity contribution in [3.8, 4) is 0 Å². The molecule has 0 rings (SSSR count). The molecule has 0 aromatic carbocycles. The molecule has 0 fully saturated rings. The first-order chi connectivity index (χ1) is 7.37. The molecule has 0 N–H and O–H groups in total. The fourth-order valence-electron chi connectivity index (χ4n) is 1.26. The van der Waals surface area contributed by atoms with Crippen molar-refractivity contribution < 1.29 is 9.53 Å². The number of hydrogen-bond acceptors (Lipinski definition) is 2. The second-order valence-electron chi connectivity index (χ2n) is 4.99. The first kappa shape index (κ1) is 14.9. The Hall–Kier alpha value is -1.05. The third kappa shape index (κ3) is 8.27. The van der Waals surface area contributed by atoms with Crippen LogP contribution in [-0.2, 0) is 9.53 Å². The average molecular weight is 224 g/mol. The van der Waals surface area contributed by atoms with Crippen LogP contribution in [0, 0.1) is 0 Å². The van der Waals surface area contributed by atoms with Crippen LogP contribution in [0.3, 0.4) is 0 Å². The van der Waals surface area contributed by atoms with Crippen molar-refractivity contribution in [1.29, 1.82) is 0 Å². The molecular weight excluding hydrogens is 200 g/mol. The summed E-state index contributed by atoms with van der Waals surface area (Å²) in [6, 6.07) is 0. The summed E-state index contributed by atoms with van der Waals surface area (Å²) in [5.41, 5.74) is 0.150. The van der Waals surface area contributed by atoms with Crippen molar-refractivity contribution in [2.24, 2.45) is 0 Å². The average Bonchev–Trinajstić information content (AvgIpc) is 2.14. The van der Waals surface area contributed by atoms with Gasteiger partial charge >= 0.3 is 5.97 Å². The lowest BCUT2D eigenvalue weighted by molar-refractivity contribution is -0.150. The maximum absolute atomic E-state index is 11.5. The minimum Gasteiger partial charge on any atom is -0.457 e. The van der Waals surface area contributed by atoms with Gasteiger partial charge in [-0.15, -0.1) is 6.58 Å². The summed E-state index contributed by atoms with van der Waals surface area (Å²) in [6.07, 6.45) is 6.92. The Balaban J connectivity index is 3.72. The highest BCUT2D eigenvalue weighted by Gasteiger charge is 2.17. The molecule has 0 aromatic heterocycles. The van der Waals surface area contributed by atoms with E-state index in [0.29, 0.717) is 5.57 Å². The molecule has 0 unspecified atom stereocenters. The van der Waals surface area contributed by atoms with Crippen LogP contribution in [0.25, 0.3) is 0 Å². The Morgan fingerprint density at radius 1 is 1.25 bits per heavy atom. The molecule has 0 aliphatic rings. The second-order valence-corrected chi connectivity index (χ2v) is 4.99. The summed E-state index contributed by atoms with van der Waals surface area (Å²) in [6.45, 7) is 13.0. The zero-order valence-corrected chi connectivity index (χ0v) is 10.8. The highest BCUT2D eigenvalue weighted by atomic mass is 16.6. The standard InChI is InChI=1S/C14H24O2/c1-6-7-8-9-10-11-12(2)13(15)16-14(3,4)5/h6H,1-2,7-11H2,3-5H3. The number of esters is 1. The predicted molar refractivity (Wildman–Crippen MR) is 68.3 cm³/mol. The van der Waals surface area contributed by atoms with E-state index in [1.165, 1.54) is 0 Å². The Bertz CT molecular complexity index is 246. The van der Waals surface area contributed by atoms with E-state index in [0.717, 1.165) is 32.1 Å². The van der Waals surface area contributed by atoms with Crippen LogP contribution < -0.4 is 0 Å². The molecular formula is C14H24O2. The number of hydrogen-bond donors (Lipinski definition) is 0. The first-order valence-electron chi connectivity index (χ1n) is 5.89. The molecule has 92 valence electrons. The molecule has 0 bridgehead atoms. The quantitative estimate of drug-likeness (QED) is 0.282. The molecule has 0 aromatic rings. The number of carbonyl (C=O) groups excluding carboxylic acids is 1. The van der Waals surface area contributed by atoms with Gasteiger partial charge < -0.3 is 4.74 Å². The van der Waals surface area contributed by atoms with Crippen LogP contribution in [-0.4, -0.2) is 11.6 Å². The molecule has 0 heterocycles. The lowest BCUT2D eigenvalue weighted by atomic mass is 10.1. The molecule has 0 amide bonds. The topological polar surface area (TPSA) is 26.3 Å². The third-order valence-corrected chi connectivity index (χ3v) is 2.07. The van der Waals surface area contributed by atoms with Crippen molar-refractivity contribution in [3.05, 3.63) is 24.8 Å². The summed E-state index contributed by atoms with van der Waals surface area (Å²) < 4.78 is 5.22. The van der Waals surface area contributed by atoms with Crippen molar-refractivity contribution in [2.45, 2.75) is 58.5 Å². The van der Waals surface area contributed by atoms with Gasteiger partial charge in [-0.2, -0.15) is 0 Å². The minimum absolute atomic E-state index is 0.267. The summed E-state index contributed by atoms with van der Waals surface area (Å²) in [5.74, 6) is -0.267. The summed E-state index contributed by atoms with van der Waals surface area (Å²) >= 11 is 0. The molecule has 0 spiro atoms. The van der Waals surface area contributed by atoms with Crippen LogP contribution >= 0.6 is 0 Å². The molecule has 2 heteroatoms. The smallest absolute Gasteiger partial charge is 0.333 e. The lowest BCUT2D eigenvalue weighted by Gasteiger charge is -2.20. The molecule has 0 aliphatic heterocycles. The van der Waals surface area contributed by atoms with E-state index in [1.807, 2.05) is 26.8 Å². The Kier molecular flexibility index (Phi) is 6.78. The lowest BCUT2D eigenvalue weighted by Crippen LogP contribution is -2.24. The number of ether oxygens (including phenoxy) is 1. The number of rotatable bonds is 7. The molecule has 0 radical (unpaired) electrons. The fraction of sp³-hybridized carbons (Fsp3) is 0.643. The first-order valence-corrected chi connectivity index (χ1v) is 5.89. The normalized spacial score (nSPS) is 10.9. The zero-order valence-electron chi connectivity index (χ0n) is 10.8. The number of unbranched alkanes of at least 4 members (excludes halogenated alkanes) is 3. The molecule has 0 aliphatic carbocycles. The third-order valence-electron chi connectivity index (χ3n) is 2.07. The Morgan fingerprint density at radius 2 is 1.88 bits per heavy atom. The molecule has 0 atom stereocenters. The van der Waals surface area contributed by atoms with Gasteiger partial charge in [0.25, 0.3) is 0 Å². The maximum atomic E-state index is 11.5. The van der Waals surface area contributed by atoms with Gasteiger partial charge in [-0.25, -0.2) is 4.79 Å². The molecule has 0 saturated heterocycles. The van der Waals surface area contributed by atoms with E-state index in [2.05, 4.69) is 13.2 Å². The van der Waals surface area contributed by atoms with Gasteiger partial charge in [-0.1, -0.05) is 19.1 Å². The minimum atomic E-state index is -0.428. The summed E-state index contributed by atoms with van der Waals surface area (Å²) in [4.78, 5) is 11.5. The van der Waals surface area contributed by atoms with Gasteiger partial charge in [0.05, 0.1) is 0 Å². The molecule has 16 heavy (non-hydrogen) atoms. The van der Waals surface area contributed by atoms with E-state index >= 15 is 0 Å². The van der Waals surface area contributed by atoms with Gasteiger partial charge in [0, 0.05) is 5.57 Å². The SMILES string of the molecule is C=CCCCCCC(=C)C(=O)OC(C)(C)C. The fourth-order valence-corrected chi connectivity index (χ4v) is 1.26. The van der Waals surface area contributed by atoms with Gasteiger partial charge in [0.15, 0.2) is 0 Å². The highest BCUT2D eigenvalue weighted by molar-refractivity contribution is 5.87. The largest absolute Gasteiger partial charge is 0.457 e. The maximum Gasteiger partial charge on any atom is 0.333 e. The van der Waals surface area contributed by atoms with Gasteiger partial charge in [0.2, 0.25) is 0 Å². The van der Waals surface area contributed by atoms with Crippen molar-refractivity contribution in [3.63, 3.8) is 0 Å². The predicted octanol–water partition coefficient (Wildman–Crippen LogP) is 4.02. The van der Waals surface area contributed by atoms with Crippen LogP contribution in [0.5, 0.6) is 0 Å². The monoisotopic (exact) mass is 224 g/mol. The highest BCUT2D eigenvalue weighted by Crippen LogP contribution is 2.14. The second kappa shape index (κ2) is 7.26. The number of carbonyl (C=O) groups is 1. The summed E-state index contributed by atoms with van der Waals surface area (Å²) in [7, 11) is 0. The van der Waals surface area contributed by atoms with E-state index in [4.69, 9.17) is 4.74 Å². The van der Waals surface area contributed by atoms with E-state index in [-0.39, 0.29) is 5.97 Å². The number of allylic oxidation sites excluding steroid dienone is 1. The van der Waals surface area contributed by atoms with Crippen molar-refractivity contribution in [2.75, 3.05) is 0 Å². The summed E-state index contributed by atoms with van der Waals surface area (Å²) in [5, 5.41) is 0. The zero-order chi connectivity index (χ0) is 12.6.